The fourth-order valence-electron chi connectivity index (χ4n) is 2.50. The van der Waals surface area contributed by atoms with Crippen molar-refractivity contribution >= 4 is 21.7 Å². The van der Waals surface area contributed by atoms with E-state index in [0.717, 1.165) is 0 Å². The summed E-state index contributed by atoms with van der Waals surface area (Å²) in [6.45, 7) is 1.01. The number of carbonyl (C=O) groups excluding carboxylic acids is 2. The van der Waals surface area contributed by atoms with E-state index in [1.165, 1.54) is 18.9 Å². The van der Waals surface area contributed by atoms with Gasteiger partial charge in [0.1, 0.15) is 5.75 Å². The summed E-state index contributed by atoms with van der Waals surface area (Å²) >= 11 is 0. The van der Waals surface area contributed by atoms with Crippen LogP contribution in [0.25, 0.3) is 0 Å². The van der Waals surface area contributed by atoms with E-state index in [9.17, 15) is 18.0 Å². The van der Waals surface area contributed by atoms with Gasteiger partial charge in [0.2, 0.25) is 0 Å². The lowest BCUT2D eigenvalue weighted by molar-refractivity contribution is -0.157. The third kappa shape index (κ3) is 5.20. The molecule has 1 aliphatic rings. The molecule has 1 aliphatic heterocycles. The van der Waals surface area contributed by atoms with Gasteiger partial charge in [0.25, 0.3) is 5.91 Å². The van der Waals surface area contributed by atoms with Gasteiger partial charge in [-0.3, -0.25) is 4.79 Å². The first-order chi connectivity index (χ1) is 12.2. The molecule has 140 valence electrons. The van der Waals surface area contributed by atoms with Crippen LogP contribution < -0.4 is 4.74 Å². The summed E-state index contributed by atoms with van der Waals surface area (Å²) in [7, 11) is -1.60. The minimum Gasteiger partial charge on any atom is -0.479 e. The highest BCUT2D eigenvalue weighted by Crippen LogP contribution is 2.17. The molecule has 1 fully saturated rings. The maximum atomic E-state index is 12.1. The standard InChI is InChI=1S/C17H20N2O6S/c1-12(25-15-5-3-13(9-18)4-6-15)17(21)24-10-16(20)19(2)14-7-8-26(22,23)11-14/h3-6,12,14H,7-8,10-11H2,1-2H3/t12-,14+/m1/s1. The Morgan fingerprint density at radius 1 is 1.35 bits per heavy atom. The number of likely N-dealkylation sites (N-methyl/N-ethyl adjacent to an activating group) is 1. The average molecular weight is 380 g/mol. The van der Waals surface area contributed by atoms with Gasteiger partial charge in [0.05, 0.1) is 23.1 Å². The molecule has 1 aromatic carbocycles. The third-order valence-electron chi connectivity index (χ3n) is 4.12. The van der Waals surface area contributed by atoms with Crippen molar-refractivity contribution in [3.05, 3.63) is 29.8 Å². The van der Waals surface area contributed by atoms with Crippen molar-refractivity contribution in [2.75, 3.05) is 25.2 Å². The lowest BCUT2D eigenvalue weighted by Crippen LogP contribution is -2.41. The van der Waals surface area contributed by atoms with Gasteiger partial charge in [0.15, 0.2) is 22.5 Å². The second-order valence-corrected chi connectivity index (χ2v) is 8.29. The van der Waals surface area contributed by atoms with Crippen molar-refractivity contribution < 1.29 is 27.5 Å². The number of carbonyl (C=O) groups is 2. The van der Waals surface area contributed by atoms with Gasteiger partial charge in [-0.05, 0) is 37.6 Å². The predicted octanol–water partition coefficient (Wildman–Crippen LogP) is 0.514. The smallest absolute Gasteiger partial charge is 0.347 e. The summed E-state index contributed by atoms with van der Waals surface area (Å²) < 4.78 is 33.3. The first-order valence-electron chi connectivity index (χ1n) is 8.01. The second kappa shape index (κ2) is 8.19. The highest BCUT2D eigenvalue weighted by Gasteiger charge is 2.33. The van der Waals surface area contributed by atoms with E-state index in [1.807, 2.05) is 6.07 Å². The van der Waals surface area contributed by atoms with Crippen LogP contribution in [-0.2, 0) is 24.2 Å². The number of esters is 1. The van der Waals surface area contributed by atoms with E-state index in [0.29, 0.717) is 17.7 Å². The minimum absolute atomic E-state index is 0.0601. The van der Waals surface area contributed by atoms with Crippen molar-refractivity contribution in [2.24, 2.45) is 0 Å². The SMILES string of the molecule is C[C@@H](Oc1ccc(C#N)cc1)C(=O)OCC(=O)N(C)[C@H]1CCS(=O)(=O)C1. The molecule has 0 saturated carbocycles. The Kier molecular flexibility index (Phi) is 6.21. The first-order valence-corrected chi connectivity index (χ1v) is 9.83. The zero-order valence-electron chi connectivity index (χ0n) is 14.5. The van der Waals surface area contributed by atoms with Gasteiger partial charge >= 0.3 is 5.97 Å². The first kappa shape index (κ1) is 19.7. The van der Waals surface area contributed by atoms with Gasteiger partial charge in [-0.2, -0.15) is 5.26 Å². The molecule has 1 aromatic rings. The van der Waals surface area contributed by atoms with E-state index >= 15 is 0 Å². The molecular formula is C17H20N2O6S. The quantitative estimate of drug-likeness (QED) is 0.661. The molecule has 0 aromatic heterocycles. The van der Waals surface area contributed by atoms with Crippen molar-refractivity contribution in [1.29, 1.82) is 5.26 Å². The van der Waals surface area contributed by atoms with Crippen LogP contribution in [0.1, 0.15) is 18.9 Å². The number of ether oxygens (including phenoxy) is 2. The number of nitriles is 1. The van der Waals surface area contributed by atoms with Crippen molar-refractivity contribution in [3.8, 4) is 11.8 Å². The number of nitrogens with zero attached hydrogens (tertiary/aromatic N) is 2. The fourth-order valence-corrected chi connectivity index (χ4v) is 4.27. The molecule has 0 N–H and O–H groups in total. The van der Waals surface area contributed by atoms with Crippen LogP contribution in [0.4, 0.5) is 0 Å². The summed E-state index contributed by atoms with van der Waals surface area (Å²) in [4.78, 5) is 25.3. The summed E-state index contributed by atoms with van der Waals surface area (Å²) in [5, 5.41) is 8.74. The van der Waals surface area contributed by atoms with E-state index in [1.54, 1.807) is 24.3 Å². The highest BCUT2D eigenvalue weighted by atomic mass is 32.2. The third-order valence-corrected chi connectivity index (χ3v) is 5.87. The largest absolute Gasteiger partial charge is 0.479 e. The monoisotopic (exact) mass is 380 g/mol. The normalized spacial score (nSPS) is 19.2. The van der Waals surface area contributed by atoms with Crippen LogP contribution in [0.3, 0.4) is 0 Å². The Hall–Kier alpha value is -2.60. The lowest BCUT2D eigenvalue weighted by Gasteiger charge is -2.23. The molecule has 0 bridgehead atoms. The van der Waals surface area contributed by atoms with Crippen LogP contribution in [0.5, 0.6) is 5.75 Å². The molecule has 1 saturated heterocycles. The van der Waals surface area contributed by atoms with Gasteiger partial charge in [-0.1, -0.05) is 0 Å². The summed E-state index contributed by atoms with van der Waals surface area (Å²) in [5.74, 6) is -0.791. The maximum absolute atomic E-state index is 12.1. The Balaban J connectivity index is 1.81. The molecule has 26 heavy (non-hydrogen) atoms. The van der Waals surface area contributed by atoms with Crippen LogP contribution in [0.2, 0.25) is 0 Å². The van der Waals surface area contributed by atoms with Gasteiger partial charge in [0, 0.05) is 13.1 Å². The average Bonchev–Trinajstić information content (AvgIpc) is 2.99. The molecule has 8 nitrogen and oxygen atoms in total. The summed E-state index contributed by atoms with van der Waals surface area (Å²) in [6.07, 6.45) is -0.551. The number of rotatable bonds is 6. The number of sulfone groups is 1. The Bertz CT molecular complexity index is 813. The Morgan fingerprint density at radius 2 is 2.00 bits per heavy atom. The second-order valence-electron chi connectivity index (χ2n) is 6.07. The number of hydrogen-bond acceptors (Lipinski definition) is 7. The van der Waals surface area contributed by atoms with Crippen molar-refractivity contribution in [2.45, 2.75) is 25.5 Å². The van der Waals surface area contributed by atoms with Gasteiger partial charge in [-0.15, -0.1) is 0 Å². The molecule has 1 amide bonds. The molecule has 2 rings (SSSR count). The number of hydrogen-bond donors (Lipinski definition) is 0. The highest BCUT2D eigenvalue weighted by molar-refractivity contribution is 7.91. The zero-order valence-corrected chi connectivity index (χ0v) is 15.4. The predicted molar refractivity (Wildman–Crippen MR) is 92.0 cm³/mol. The van der Waals surface area contributed by atoms with Crippen LogP contribution in [0.15, 0.2) is 24.3 Å². The van der Waals surface area contributed by atoms with E-state index < -0.39 is 40.5 Å². The topological polar surface area (TPSA) is 114 Å². The van der Waals surface area contributed by atoms with Crippen molar-refractivity contribution in [1.82, 2.24) is 4.90 Å². The van der Waals surface area contributed by atoms with E-state index in [2.05, 4.69) is 0 Å². The Morgan fingerprint density at radius 3 is 2.54 bits per heavy atom. The maximum Gasteiger partial charge on any atom is 0.347 e. The summed E-state index contributed by atoms with van der Waals surface area (Å²) in [5.41, 5.74) is 0.468. The molecule has 0 unspecified atom stereocenters. The molecular weight excluding hydrogens is 360 g/mol. The minimum atomic E-state index is -3.10. The number of benzene rings is 1. The Labute approximate surface area is 152 Å². The van der Waals surface area contributed by atoms with Gasteiger partial charge < -0.3 is 14.4 Å². The van der Waals surface area contributed by atoms with Crippen molar-refractivity contribution in [3.63, 3.8) is 0 Å². The molecule has 9 heteroatoms. The van der Waals surface area contributed by atoms with Crippen LogP contribution >= 0.6 is 0 Å². The van der Waals surface area contributed by atoms with Crippen LogP contribution in [0, 0.1) is 11.3 Å². The zero-order chi connectivity index (χ0) is 19.3. The molecule has 1 heterocycles. The van der Waals surface area contributed by atoms with Crippen LogP contribution in [-0.4, -0.2) is 62.5 Å². The van der Waals surface area contributed by atoms with Gasteiger partial charge in [-0.25, -0.2) is 13.2 Å². The molecule has 0 radical (unpaired) electrons. The van der Waals surface area contributed by atoms with E-state index in [4.69, 9.17) is 14.7 Å². The van der Waals surface area contributed by atoms with E-state index in [-0.39, 0.29) is 11.5 Å². The fraction of sp³-hybridized carbons (Fsp3) is 0.471. The molecule has 2 atom stereocenters. The molecule has 0 spiro atoms. The molecule has 0 aliphatic carbocycles. The lowest BCUT2D eigenvalue weighted by atomic mass is 10.2. The summed E-state index contributed by atoms with van der Waals surface area (Å²) in [6, 6.07) is 7.81. The number of amides is 1.